The maximum atomic E-state index is 6.02. The zero-order chi connectivity index (χ0) is 14.1. The van der Waals surface area contributed by atoms with Gasteiger partial charge in [-0.25, -0.2) is 9.97 Å². The van der Waals surface area contributed by atoms with Crippen molar-refractivity contribution in [2.45, 2.75) is 19.3 Å². The Morgan fingerprint density at radius 2 is 2.20 bits per heavy atom. The fourth-order valence-electron chi connectivity index (χ4n) is 2.17. The highest BCUT2D eigenvalue weighted by molar-refractivity contribution is 7.09. The van der Waals surface area contributed by atoms with Crippen molar-refractivity contribution < 1.29 is 4.74 Å². The smallest absolute Gasteiger partial charge is 0.125 e. The Hall–Kier alpha value is -1.59. The molecule has 20 heavy (non-hydrogen) atoms. The van der Waals surface area contributed by atoms with Crippen molar-refractivity contribution in [1.82, 2.24) is 14.5 Å². The quantitative estimate of drug-likeness (QED) is 0.691. The fraction of sp³-hybridized carbons (Fsp3) is 0.286. The van der Waals surface area contributed by atoms with Gasteiger partial charge in [0.1, 0.15) is 16.6 Å². The van der Waals surface area contributed by atoms with Crippen LogP contribution in [0.15, 0.2) is 23.6 Å². The first-order valence-corrected chi connectivity index (χ1v) is 7.63. The van der Waals surface area contributed by atoms with Crippen molar-refractivity contribution in [1.29, 1.82) is 0 Å². The Labute approximate surface area is 126 Å². The van der Waals surface area contributed by atoms with Gasteiger partial charge in [-0.05, 0) is 19.1 Å². The van der Waals surface area contributed by atoms with Crippen molar-refractivity contribution in [3.05, 3.63) is 40.1 Å². The second kappa shape index (κ2) is 5.42. The average molecular weight is 308 g/mol. The van der Waals surface area contributed by atoms with Crippen LogP contribution >= 0.6 is 22.9 Å². The Kier molecular flexibility index (Phi) is 3.63. The molecule has 1 aromatic carbocycles. The lowest BCUT2D eigenvalue weighted by molar-refractivity contribution is 0.415. The molecule has 0 aliphatic rings. The lowest BCUT2D eigenvalue weighted by Crippen LogP contribution is -2.03. The number of methoxy groups -OCH3 is 1. The normalized spacial score (nSPS) is 11.2. The molecule has 2 heterocycles. The van der Waals surface area contributed by atoms with Gasteiger partial charge >= 0.3 is 0 Å². The van der Waals surface area contributed by atoms with E-state index in [1.165, 1.54) is 0 Å². The monoisotopic (exact) mass is 307 g/mol. The summed E-state index contributed by atoms with van der Waals surface area (Å²) in [5.41, 5.74) is 2.99. The molecular formula is C14H14ClN3OS. The first-order valence-electron chi connectivity index (χ1n) is 6.21. The first-order chi connectivity index (χ1) is 9.71. The second-order valence-electron chi connectivity index (χ2n) is 4.49. The maximum absolute atomic E-state index is 6.02. The van der Waals surface area contributed by atoms with Crippen molar-refractivity contribution in [3.63, 3.8) is 0 Å². The molecule has 0 fully saturated rings. The van der Waals surface area contributed by atoms with E-state index in [4.69, 9.17) is 16.3 Å². The molecule has 2 aromatic heterocycles. The number of alkyl halides is 1. The van der Waals surface area contributed by atoms with Gasteiger partial charge in [0.2, 0.25) is 0 Å². The molecule has 3 aromatic rings. The van der Waals surface area contributed by atoms with Crippen LogP contribution in [0.2, 0.25) is 0 Å². The molecule has 0 atom stereocenters. The summed E-state index contributed by atoms with van der Waals surface area (Å²) in [6.07, 6.45) is 0. The molecule has 0 saturated heterocycles. The van der Waals surface area contributed by atoms with Crippen LogP contribution in [0.4, 0.5) is 0 Å². The standard InChI is InChI=1S/C14H14ClN3OS/c1-9-8-20-14(16-9)7-18-12-5-10(19-2)3-4-11(12)17-13(18)6-15/h3-5,8H,6-7H2,1-2H3. The van der Waals surface area contributed by atoms with E-state index in [1.807, 2.05) is 25.1 Å². The van der Waals surface area contributed by atoms with Gasteiger partial charge in [-0.15, -0.1) is 22.9 Å². The number of imidazole rings is 1. The minimum absolute atomic E-state index is 0.376. The average Bonchev–Trinajstić information content (AvgIpc) is 3.03. The van der Waals surface area contributed by atoms with Crippen LogP contribution in [0.5, 0.6) is 5.75 Å². The number of halogens is 1. The molecule has 104 valence electrons. The third-order valence-electron chi connectivity index (χ3n) is 3.11. The fourth-order valence-corrected chi connectivity index (χ4v) is 3.13. The Morgan fingerprint density at radius 3 is 2.85 bits per heavy atom. The van der Waals surface area contributed by atoms with Gasteiger partial charge in [-0.3, -0.25) is 0 Å². The maximum Gasteiger partial charge on any atom is 0.125 e. The summed E-state index contributed by atoms with van der Waals surface area (Å²) < 4.78 is 7.39. The Bertz CT molecular complexity index is 750. The van der Waals surface area contributed by atoms with E-state index in [2.05, 4.69) is 19.9 Å². The zero-order valence-corrected chi connectivity index (χ0v) is 12.8. The van der Waals surface area contributed by atoms with Gasteiger partial charge in [0.05, 0.1) is 30.6 Å². The van der Waals surface area contributed by atoms with Gasteiger partial charge in [0.15, 0.2) is 0 Å². The van der Waals surface area contributed by atoms with E-state index >= 15 is 0 Å². The number of aromatic nitrogens is 3. The molecule has 0 bridgehead atoms. The summed E-state index contributed by atoms with van der Waals surface area (Å²) in [5, 5.41) is 3.10. The van der Waals surface area contributed by atoms with Gasteiger partial charge < -0.3 is 9.30 Å². The number of hydrogen-bond acceptors (Lipinski definition) is 4. The van der Waals surface area contributed by atoms with Crippen molar-refractivity contribution in [2.24, 2.45) is 0 Å². The van der Waals surface area contributed by atoms with Gasteiger partial charge in [-0.1, -0.05) is 0 Å². The molecule has 0 N–H and O–H groups in total. The number of nitrogens with zero attached hydrogens (tertiary/aromatic N) is 3. The Balaban J connectivity index is 2.10. The van der Waals surface area contributed by atoms with Crippen LogP contribution in [-0.2, 0) is 12.4 Å². The minimum Gasteiger partial charge on any atom is -0.497 e. The molecule has 6 heteroatoms. The molecule has 0 aliphatic carbocycles. The predicted octanol–water partition coefficient (Wildman–Crippen LogP) is 3.60. The number of fused-ring (bicyclic) bond motifs is 1. The molecule has 0 aliphatic heterocycles. The predicted molar refractivity (Wildman–Crippen MR) is 81.8 cm³/mol. The van der Waals surface area contributed by atoms with Crippen LogP contribution in [0.3, 0.4) is 0 Å². The molecular weight excluding hydrogens is 294 g/mol. The van der Waals surface area contributed by atoms with E-state index in [0.717, 1.165) is 33.3 Å². The van der Waals surface area contributed by atoms with Gasteiger partial charge in [-0.2, -0.15) is 0 Å². The largest absolute Gasteiger partial charge is 0.497 e. The number of rotatable bonds is 4. The molecule has 0 saturated carbocycles. The lowest BCUT2D eigenvalue weighted by atomic mass is 10.3. The van der Waals surface area contributed by atoms with Gasteiger partial charge in [0.25, 0.3) is 0 Å². The molecule has 0 unspecified atom stereocenters. The van der Waals surface area contributed by atoms with E-state index in [-0.39, 0.29) is 0 Å². The molecule has 3 rings (SSSR count). The van der Waals surface area contributed by atoms with E-state index in [0.29, 0.717) is 12.4 Å². The highest BCUT2D eigenvalue weighted by Crippen LogP contribution is 2.24. The van der Waals surface area contributed by atoms with Crippen LogP contribution in [0.25, 0.3) is 11.0 Å². The summed E-state index contributed by atoms with van der Waals surface area (Å²) in [6, 6.07) is 5.85. The van der Waals surface area contributed by atoms with Crippen molar-refractivity contribution in [3.8, 4) is 5.75 Å². The van der Waals surface area contributed by atoms with E-state index in [9.17, 15) is 0 Å². The Morgan fingerprint density at radius 1 is 1.35 bits per heavy atom. The lowest BCUT2D eigenvalue weighted by Gasteiger charge is -2.06. The highest BCUT2D eigenvalue weighted by Gasteiger charge is 2.12. The second-order valence-corrected chi connectivity index (χ2v) is 5.69. The summed E-state index contributed by atoms with van der Waals surface area (Å²) >= 11 is 7.67. The van der Waals surface area contributed by atoms with Crippen LogP contribution in [0.1, 0.15) is 16.5 Å². The van der Waals surface area contributed by atoms with E-state index in [1.54, 1.807) is 18.4 Å². The van der Waals surface area contributed by atoms with Crippen LogP contribution in [-0.4, -0.2) is 21.6 Å². The summed E-state index contributed by atoms with van der Waals surface area (Å²) in [4.78, 5) is 9.07. The SMILES string of the molecule is COc1ccc2nc(CCl)n(Cc3nc(C)cs3)c2c1. The minimum atomic E-state index is 0.376. The number of ether oxygens (including phenoxy) is 1. The third kappa shape index (κ3) is 2.39. The number of hydrogen-bond donors (Lipinski definition) is 0. The van der Waals surface area contributed by atoms with Crippen LogP contribution in [0, 0.1) is 6.92 Å². The first kappa shape index (κ1) is 13.4. The number of thiazole rings is 1. The van der Waals surface area contributed by atoms with Gasteiger partial charge in [0, 0.05) is 17.1 Å². The summed E-state index contributed by atoms with van der Waals surface area (Å²) in [7, 11) is 1.66. The number of aryl methyl sites for hydroxylation is 1. The molecule has 0 radical (unpaired) electrons. The number of benzene rings is 1. The van der Waals surface area contributed by atoms with Crippen LogP contribution < -0.4 is 4.74 Å². The highest BCUT2D eigenvalue weighted by atomic mass is 35.5. The molecule has 0 spiro atoms. The van der Waals surface area contributed by atoms with Crippen molar-refractivity contribution in [2.75, 3.05) is 7.11 Å². The zero-order valence-electron chi connectivity index (χ0n) is 11.3. The topological polar surface area (TPSA) is 39.9 Å². The summed E-state index contributed by atoms with van der Waals surface area (Å²) in [5.74, 6) is 2.04. The molecule has 0 amide bonds. The summed E-state index contributed by atoms with van der Waals surface area (Å²) in [6.45, 7) is 2.68. The third-order valence-corrected chi connectivity index (χ3v) is 4.30. The van der Waals surface area contributed by atoms with Crippen molar-refractivity contribution >= 4 is 34.0 Å². The molecule has 4 nitrogen and oxygen atoms in total. The van der Waals surface area contributed by atoms with E-state index < -0.39 is 0 Å².